The van der Waals surface area contributed by atoms with Crippen LogP contribution in [0.3, 0.4) is 0 Å². The first-order valence-electron chi connectivity index (χ1n) is 7.60. The van der Waals surface area contributed by atoms with Gasteiger partial charge < -0.3 is 5.32 Å². The quantitative estimate of drug-likeness (QED) is 0.888. The molecule has 3 nitrogen and oxygen atoms in total. The van der Waals surface area contributed by atoms with Crippen molar-refractivity contribution in [3.63, 3.8) is 0 Å². The Kier molecular flexibility index (Phi) is 4.50. The molecule has 23 heavy (non-hydrogen) atoms. The van der Waals surface area contributed by atoms with Gasteiger partial charge in [-0.1, -0.05) is 6.08 Å². The number of hydrogen-bond donors (Lipinski definition) is 1. The summed E-state index contributed by atoms with van der Waals surface area (Å²) in [6, 6.07) is 6.14. The van der Waals surface area contributed by atoms with Crippen LogP contribution < -0.4 is 5.32 Å². The molecule has 0 spiro atoms. The average molecular weight is 322 g/mol. The number of rotatable bonds is 5. The van der Waals surface area contributed by atoms with Crippen molar-refractivity contribution in [3.8, 4) is 0 Å². The van der Waals surface area contributed by atoms with Crippen molar-refractivity contribution >= 4 is 17.8 Å². The lowest BCUT2D eigenvalue weighted by Gasteiger charge is -2.15. The molecule has 0 aromatic heterocycles. The summed E-state index contributed by atoms with van der Waals surface area (Å²) in [5.74, 6) is -0.449. The average Bonchev–Trinajstić information content (AvgIpc) is 3.34. The first-order chi connectivity index (χ1) is 11.0. The molecule has 1 aliphatic carbocycles. The molecule has 1 saturated carbocycles. The van der Waals surface area contributed by atoms with Crippen LogP contribution in [0.4, 0.5) is 13.2 Å². The maximum Gasteiger partial charge on any atom is 0.255 e. The molecule has 122 valence electrons. The molecular weight excluding hydrogens is 305 g/mol. The zero-order valence-corrected chi connectivity index (χ0v) is 12.4. The highest BCUT2D eigenvalue weighted by Gasteiger charge is 2.47. The van der Waals surface area contributed by atoms with Crippen LogP contribution >= 0.6 is 0 Å². The van der Waals surface area contributed by atoms with Gasteiger partial charge in [-0.25, -0.2) is 13.2 Å². The van der Waals surface area contributed by atoms with Gasteiger partial charge in [-0.15, -0.1) is 0 Å². The van der Waals surface area contributed by atoms with E-state index in [1.54, 1.807) is 12.1 Å². The fourth-order valence-corrected chi connectivity index (χ4v) is 2.93. The van der Waals surface area contributed by atoms with Crippen LogP contribution in [0.5, 0.6) is 0 Å². The van der Waals surface area contributed by atoms with E-state index >= 15 is 0 Å². The Bertz CT molecular complexity index is 640. The zero-order valence-electron chi connectivity index (χ0n) is 12.4. The van der Waals surface area contributed by atoms with Crippen LogP contribution in [0.15, 0.2) is 35.3 Å². The van der Waals surface area contributed by atoms with E-state index in [-0.39, 0.29) is 29.5 Å². The molecule has 1 aromatic rings. The second kappa shape index (κ2) is 6.56. The Labute approximate surface area is 132 Å². The normalized spacial score (nSPS) is 26.1. The molecule has 1 heterocycles. The van der Waals surface area contributed by atoms with Crippen LogP contribution in [0.1, 0.15) is 18.4 Å². The molecule has 0 bridgehead atoms. The minimum atomic E-state index is -2.52. The minimum absolute atomic E-state index is 0.154. The van der Waals surface area contributed by atoms with Gasteiger partial charge in [0.1, 0.15) is 5.82 Å². The number of carbonyl (C=O) groups excluding carboxylic acids is 1. The Hall–Kier alpha value is -2.11. The predicted molar refractivity (Wildman–Crippen MR) is 81.6 cm³/mol. The number of carbonyl (C=O) groups is 1. The standard InChI is InChI=1S/C17H17F3N2O/c18-12-4-1-10(2-5-12)15-6-3-11(8-21-15)13-7-14(13)17(23)22-9-16(19)20/h1-2,4-6,8,11,13-14,16H,3,7,9H2,(H,22,23)/t11?,13-,14+/m0/s1. The van der Waals surface area contributed by atoms with E-state index in [2.05, 4.69) is 10.3 Å². The van der Waals surface area contributed by atoms with Crippen molar-refractivity contribution in [3.05, 3.63) is 41.7 Å². The van der Waals surface area contributed by atoms with Crippen molar-refractivity contribution in [2.75, 3.05) is 6.54 Å². The van der Waals surface area contributed by atoms with Gasteiger partial charge in [-0.05, 0) is 48.6 Å². The highest BCUT2D eigenvalue weighted by Crippen LogP contribution is 2.46. The van der Waals surface area contributed by atoms with Crippen LogP contribution in [-0.2, 0) is 4.79 Å². The van der Waals surface area contributed by atoms with Gasteiger partial charge in [-0.3, -0.25) is 9.79 Å². The molecule has 2 aliphatic rings. The second-order valence-corrected chi connectivity index (χ2v) is 5.92. The summed E-state index contributed by atoms with van der Waals surface area (Å²) >= 11 is 0. The number of halogens is 3. The Morgan fingerprint density at radius 3 is 2.65 bits per heavy atom. The summed E-state index contributed by atoms with van der Waals surface area (Å²) in [5, 5.41) is 2.27. The van der Waals surface area contributed by atoms with E-state index in [0.717, 1.165) is 17.7 Å². The Morgan fingerprint density at radius 2 is 2.04 bits per heavy atom. The largest absolute Gasteiger partial charge is 0.350 e. The molecule has 1 aliphatic heterocycles. The van der Waals surface area contributed by atoms with Gasteiger partial charge in [0.2, 0.25) is 5.91 Å². The minimum Gasteiger partial charge on any atom is -0.350 e. The molecule has 6 heteroatoms. The van der Waals surface area contributed by atoms with Gasteiger partial charge >= 0.3 is 0 Å². The van der Waals surface area contributed by atoms with Crippen molar-refractivity contribution in [1.82, 2.24) is 5.32 Å². The number of allylic oxidation sites excluding steroid dienone is 1. The number of nitrogens with one attached hydrogen (secondary N) is 1. The number of aliphatic imine (C=N–C) groups is 1. The molecule has 1 aromatic carbocycles. The van der Waals surface area contributed by atoms with Gasteiger partial charge in [-0.2, -0.15) is 0 Å². The fraction of sp³-hybridized carbons (Fsp3) is 0.412. The molecule has 3 atom stereocenters. The van der Waals surface area contributed by atoms with Crippen molar-refractivity contribution in [1.29, 1.82) is 0 Å². The predicted octanol–water partition coefficient (Wildman–Crippen LogP) is 3.27. The summed E-state index contributed by atoms with van der Waals surface area (Å²) < 4.78 is 37.1. The first kappa shape index (κ1) is 15.8. The monoisotopic (exact) mass is 322 g/mol. The van der Waals surface area contributed by atoms with Crippen LogP contribution in [0.2, 0.25) is 0 Å². The number of hydrogen-bond acceptors (Lipinski definition) is 2. The fourth-order valence-electron chi connectivity index (χ4n) is 2.93. The molecule has 0 saturated heterocycles. The zero-order chi connectivity index (χ0) is 16.4. The topological polar surface area (TPSA) is 41.5 Å². The van der Waals surface area contributed by atoms with E-state index < -0.39 is 13.0 Å². The van der Waals surface area contributed by atoms with Crippen LogP contribution in [-0.4, -0.2) is 25.1 Å². The van der Waals surface area contributed by atoms with Gasteiger partial charge in [0, 0.05) is 18.1 Å². The third kappa shape index (κ3) is 3.81. The number of alkyl halides is 2. The summed E-state index contributed by atoms with van der Waals surface area (Å²) in [6.45, 7) is -0.588. The third-order valence-corrected chi connectivity index (χ3v) is 4.29. The SMILES string of the molecule is O=C(NCC(F)F)[C@@H]1C[C@H]1C1C=NC(c2ccc(F)cc2)=CC1. The third-order valence-electron chi connectivity index (χ3n) is 4.29. The Balaban J connectivity index is 1.53. The van der Waals surface area contributed by atoms with Gasteiger partial charge in [0.25, 0.3) is 6.43 Å². The Morgan fingerprint density at radius 1 is 1.30 bits per heavy atom. The van der Waals surface area contributed by atoms with Gasteiger partial charge in [0.05, 0.1) is 12.2 Å². The van der Waals surface area contributed by atoms with Gasteiger partial charge in [0.15, 0.2) is 0 Å². The van der Waals surface area contributed by atoms with Crippen molar-refractivity contribution in [2.24, 2.45) is 22.7 Å². The summed E-state index contributed by atoms with van der Waals surface area (Å²) in [4.78, 5) is 16.1. The molecule has 1 N–H and O–H groups in total. The van der Waals surface area contributed by atoms with E-state index in [0.29, 0.717) is 6.42 Å². The number of benzene rings is 1. The smallest absolute Gasteiger partial charge is 0.255 e. The molecule has 3 rings (SSSR count). The van der Waals surface area contributed by atoms with Crippen molar-refractivity contribution < 1.29 is 18.0 Å². The first-order valence-corrected chi connectivity index (χ1v) is 7.60. The summed E-state index contributed by atoms with van der Waals surface area (Å²) in [6.07, 6.45) is 2.74. The van der Waals surface area contributed by atoms with Crippen LogP contribution in [0, 0.1) is 23.6 Å². The molecular formula is C17H17F3N2O. The van der Waals surface area contributed by atoms with E-state index in [1.165, 1.54) is 12.1 Å². The lowest BCUT2D eigenvalue weighted by atomic mass is 9.95. The lowest BCUT2D eigenvalue weighted by molar-refractivity contribution is -0.123. The second-order valence-electron chi connectivity index (χ2n) is 5.92. The highest BCUT2D eigenvalue weighted by molar-refractivity contribution is 5.84. The maximum atomic E-state index is 12.9. The number of nitrogens with zero attached hydrogens (tertiary/aromatic N) is 1. The molecule has 1 fully saturated rings. The highest BCUT2D eigenvalue weighted by atomic mass is 19.3. The maximum absolute atomic E-state index is 12.9. The van der Waals surface area contributed by atoms with E-state index in [9.17, 15) is 18.0 Å². The summed E-state index contributed by atoms with van der Waals surface area (Å²) in [7, 11) is 0. The van der Waals surface area contributed by atoms with Crippen LogP contribution in [0.25, 0.3) is 5.70 Å². The summed E-state index contributed by atoms with van der Waals surface area (Å²) in [5.41, 5.74) is 1.64. The van der Waals surface area contributed by atoms with Crippen molar-refractivity contribution in [2.45, 2.75) is 19.3 Å². The molecule has 1 unspecified atom stereocenters. The van der Waals surface area contributed by atoms with E-state index in [1.807, 2.05) is 12.3 Å². The molecule has 1 amide bonds. The number of amides is 1. The molecule has 0 radical (unpaired) electrons. The lowest BCUT2D eigenvalue weighted by Crippen LogP contribution is -2.30. The van der Waals surface area contributed by atoms with E-state index in [4.69, 9.17) is 0 Å².